The highest BCUT2D eigenvalue weighted by molar-refractivity contribution is 7.09. The van der Waals surface area contributed by atoms with Crippen LogP contribution in [0.5, 0.6) is 0 Å². The van der Waals surface area contributed by atoms with Crippen molar-refractivity contribution < 1.29 is 18.7 Å². The van der Waals surface area contributed by atoms with E-state index < -0.39 is 12.1 Å². The fourth-order valence-electron chi connectivity index (χ4n) is 2.82. The Morgan fingerprint density at radius 2 is 2.11 bits per heavy atom. The number of nitrogens with zero attached hydrogens (tertiary/aromatic N) is 1. The Morgan fingerprint density at radius 3 is 2.78 bits per heavy atom. The molecule has 3 aromatic rings. The largest absolute Gasteiger partial charge is 0.467 e. The van der Waals surface area contributed by atoms with Gasteiger partial charge in [-0.15, -0.1) is 11.3 Å². The molecule has 0 unspecified atom stereocenters. The molecule has 0 spiro atoms. The molecular formula is C20H22N2O4S. The molecule has 1 atom stereocenters. The molecule has 142 valence electrons. The lowest BCUT2D eigenvalue weighted by Gasteiger charge is -2.13. The first-order valence-corrected chi connectivity index (χ1v) is 9.54. The van der Waals surface area contributed by atoms with E-state index in [9.17, 15) is 9.59 Å². The van der Waals surface area contributed by atoms with Gasteiger partial charge in [0.2, 0.25) is 0 Å². The van der Waals surface area contributed by atoms with E-state index in [1.54, 1.807) is 36.5 Å². The van der Waals surface area contributed by atoms with Crippen molar-refractivity contribution in [3.63, 3.8) is 0 Å². The van der Waals surface area contributed by atoms with Crippen molar-refractivity contribution in [2.24, 2.45) is 0 Å². The third-order valence-corrected chi connectivity index (χ3v) is 5.22. The Kier molecular flexibility index (Phi) is 5.81. The summed E-state index contributed by atoms with van der Waals surface area (Å²) in [6.07, 6.45) is 0.643. The van der Waals surface area contributed by atoms with E-state index in [1.165, 1.54) is 11.1 Å². The summed E-state index contributed by atoms with van der Waals surface area (Å²) < 4.78 is 12.6. The van der Waals surface area contributed by atoms with Gasteiger partial charge in [-0.05, 0) is 50.4 Å². The highest BCUT2D eigenvalue weighted by atomic mass is 32.1. The molecule has 0 aliphatic heterocycles. The fraction of sp³-hybridized carbons (Fsp3) is 0.300. The fourth-order valence-corrected chi connectivity index (χ4v) is 3.51. The van der Waals surface area contributed by atoms with Gasteiger partial charge in [0.25, 0.3) is 5.91 Å². The number of carbonyl (C=O) groups is 2. The average molecular weight is 386 g/mol. The highest BCUT2D eigenvalue weighted by Gasteiger charge is 2.22. The first kappa shape index (κ1) is 19.0. The van der Waals surface area contributed by atoms with Crippen molar-refractivity contribution in [3.05, 3.63) is 69.6 Å². The minimum Gasteiger partial charge on any atom is -0.467 e. The summed E-state index contributed by atoms with van der Waals surface area (Å²) in [6, 6.07) is 9.38. The monoisotopic (exact) mass is 386 g/mol. The van der Waals surface area contributed by atoms with Crippen LogP contribution in [-0.2, 0) is 22.6 Å². The van der Waals surface area contributed by atoms with E-state index in [0.29, 0.717) is 17.9 Å². The molecule has 0 aliphatic rings. The minimum atomic E-state index is -0.896. The zero-order chi connectivity index (χ0) is 19.4. The molecule has 0 radical (unpaired) electrons. The average Bonchev–Trinajstić information content (AvgIpc) is 3.38. The number of thiophene rings is 1. The number of esters is 1. The van der Waals surface area contributed by atoms with Crippen molar-refractivity contribution in [2.45, 2.75) is 40.0 Å². The molecule has 3 rings (SSSR count). The van der Waals surface area contributed by atoms with Gasteiger partial charge in [-0.3, -0.25) is 4.79 Å². The van der Waals surface area contributed by atoms with Gasteiger partial charge >= 0.3 is 5.97 Å². The standard InChI is InChI=1S/C20H22N2O4S/c1-13-10-18(14(2)22(13)12-17-7-5-9-27-17)20(24)26-15(3)19(23)21-11-16-6-4-8-25-16/h4-10,15H,11-12H2,1-3H3,(H,21,23)/t15-/m0/s1. The number of rotatable bonds is 7. The zero-order valence-corrected chi connectivity index (χ0v) is 16.3. The van der Waals surface area contributed by atoms with Crippen molar-refractivity contribution in [3.8, 4) is 0 Å². The second-order valence-electron chi connectivity index (χ2n) is 6.30. The molecule has 7 heteroatoms. The molecule has 1 N–H and O–H groups in total. The number of nitrogens with one attached hydrogen (secondary N) is 1. The van der Waals surface area contributed by atoms with E-state index in [-0.39, 0.29) is 12.5 Å². The van der Waals surface area contributed by atoms with E-state index in [1.807, 2.05) is 25.3 Å². The minimum absolute atomic E-state index is 0.253. The molecule has 0 aromatic carbocycles. The molecule has 0 fully saturated rings. The number of carbonyl (C=O) groups excluding carboxylic acids is 2. The summed E-state index contributed by atoms with van der Waals surface area (Å²) >= 11 is 1.67. The number of aromatic nitrogens is 1. The Bertz CT molecular complexity index is 910. The van der Waals surface area contributed by atoms with Gasteiger partial charge in [0.1, 0.15) is 5.76 Å². The third-order valence-electron chi connectivity index (χ3n) is 4.36. The summed E-state index contributed by atoms with van der Waals surface area (Å²) in [5.41, 5.74) is 2.28. The quantitative estimate of drug-likeness (QED) is 0.629. The van der Waals surface area contributed by atoms with Gasteiger partial charge in [0, 0.05) is 16.3 Å². The molecule has 27 heavy (non-hydrogen) atoms. The Balaban J connectivity index is 1.62. The zero-order valence-electron chi connectivity index (χ0n) is 15.5. The normalized spacial score (nSPS) is 12.0. The van der Waals surface area contributed by atoms with Gasteiger partial charge in [-0.25, -0.2) is 4.79 Å². The van der Waals surface area contributed by atoms with E-state index >= 15 is 0 Å². The van der Waals surface area contributed by atoms with Crippen LogP contribution in [0.4, 0.5) is 0 Å². The Hall–Kier alpha value is -2.80. The molecule has 0 bridgehead atoms. The van der Waals surface area contributed by atoms with Crippen LogP contribution in [0.3, 0.4) is 0 Å². The van der Waals surface area contributed by atoms with Gasteiger partial charge < -0.3 is 19.0 Å². The Labute approximate surface area is 161 Å². The first-order chi connectivity index (χ1) is 13.0. The Morgan fingerprint density at radius 1 is 1.30 bits per heavy atom. The summed E-state index contributed by atoms with van der Waals surface area (Å²) in [5, 5.41) is 4.72. The van der Waals surface area contributed by atoms with Crippen LogP contribution in [0, 0.1) is 13.8 Å². The van der Waals surface area contributed by atoms with Crippen LogP contribution in [0.25, 0.3) is 0 Å². The van der Waals surface area contributed by atoms with Crippen molar-refractivity contribution >= 4 is 23.2 Å². The van der Waals surface area contributed by atoms with Crippen LogP contribution in [-0.4, -0.2) is 22.5 Å². The van der Waals surface area contributed by atoms with Crippen LogP contribution >= 0.6 is 11.3 Å². The van der Waals surface area contributed by atoms with Crippen LogP contribution < -0.4 is 5.32 Å². The predicted molar refractivity (Wildman–Crippen MR) is 103 cm³/mol. The maximum absolute atomic E-state index is 12.5. The maximum atomic E-state index is 12.5. The number of ether oxygens (including phenoxy) is 1. The van der Waals surface area contributed by atoms with Crippen LogP contribution in [0.15, 0.2) is 46.4 Å². The summed E-state index contributed by atoms with van der Waals surface area (Å²) in [4.78, 5) is 25.9. The summed E-state index contributed by atoms with van der Waals surface area (Å²) in [5.74, 6) is -0.229. The van der Waals surface area contributed by atoms with Gasteiger partial charge in [0.15, 0.2) is 6.10 Å². The number of amides is 1. The molecule has 0 aliphatic carbocycles. The van der Waals surface area contributed by atoms with E-state index in [0.717, 1.165) is 11.4 Å². The number of aryl methyl sites for hydroxylation is 1. The molecule has 3 heterocycles. The number of furan rings is 1. The van der Waals surface area contributed by atoms with E-state index in [2.05, 4.69) is 16.0 Å². The van der Waals surface area contributed by atoms with Crippen LogP contribution in [0.1, 0.15) is 39.3 Å². The van der Waals surface area contributed by atoms with Gasteiger partial charge in [0.05, 0.1) is 24.9 Å². The molecule has 0 saturated heterocycles. The molecular weight excluding hydrogens is 364 g/mol. The molecule has 1 amide bonds. The SMILES string of the molecule is Cc1cc(C(=O)O[C@@H](C)C(=O)NCc2ccco2)c(C)n1Cc1cccs1. The molecule has 6 nitrogen and oxygen atoms in total. The second kappa shape index (κ2) is 8.26. The lowest BCUT2D eigenvalue weighted by atomic mass is 10.2. The van der Waals surface area contributed by atoms with E-state index in [4.69, 9.17) is 9.15 Å². The maximum Gasteiger partial charge on any atom is 0.340 e. The highest BCUT2D eigenvalue weighted by Crippen LogP contribution is 2.20. The third kappa shape index (κ3) is 4.49. The summed E-state index contributed by atoms with van der Waals surface area (Å²) in [6.45, 7) is 6.36. The van der Waals surface area contributed by atoms with Crippen LogP contribution in [0.2, 0.25) is 0 Å². The smallest absolute Gasteiger partial charge is 0.340 e. The second-order valence-corrected chi connectivity index (χ2v) is 7.33. The lowest BCUT2D eigenvalue weighted by Crippen LogP contribution is -2.35. The van der Waals surface area contributed by atoms with Gasteiger partial charge in [-0.1, -0.05) is 6.07 Å². The topological polar surface area (TPSA) is 73.5 Å². The van der Waals surface area contributed by atoms with Gasteiger partial charge in [-0.2, -0.15) is 0 Å². The number of hydrogen-bond acceptors (Lipinski definition) is 5. The van der Waals surface area contributed by atoms with Crippen molar-refractivity contribution in [2.75, 3.05) is 0 Å². The predicted octanol–water partition coefficient (Wildman–Crippen LogP) is 3.67. The number of hydrogen-bond donors (Lipinski definition) is 1. The lowest BCUT2D eigenvalue weighted by molar-refractivity contribution is -0.129. The summed E-state index contributed by atoms with van der Waals surface area (Å²) in [7, 11) is 0. The van der Waals surface area contributed by atoms with Crippen molar-refractivity contribution in [1.82, 2.24) is 9.88 Å². The van der Waals surface area contributed by atoms with Crippen molar-refractivity contribution in [1.29, 1.82) is 0 Å². The first-order valence-electron chi connectivity index (χ1n) is 8.66. The molecule has 3 aromatic heterocycles. The molecule has 0 saturated carbocycles.